The number of ketones is 4. The van der Waals surface area contributed by atoms with Gasteiger partial charge in [0.2, 0.25) is 0 Å². The summed E-state index contributed by atoms with van der Waals surface area (Å²) in [5.74, 6) is 0.421. The van der Waals surface area contributed by atoms with E-state index in [9.17, 15) is 19.2 Å². The SMILES string of the molecule is CCC(C)NC.CCC(C)NC.CCC(C)NC.CCC(C)NC.CCC(C)NC.CCC(C)NC.CNC(CC(C)=O)CC(C)=O.CNC(COC)C(C)=O.CNc1cc(NC)cc(C(C)=O)c1. The summed E-state index contributed by atoms with van der Waals surface area (Å²) >= 11 is 0. The summed E-state index contributed by atoms with van der Waals surface area (Å²) in [5.41, 5.74) is 2.60. The van der Waals surface area contributed by atoms with E-state index >= 15 is 0 Å². The molecule has 0 radical (unpaired) electrons. The third-order valence-electron chi connectivity index (χ3n) is 11.2. The van der Waals surface area contributed by atoms with Gasteiger partial charge in [0.25, 0.3) is 0 Å². The fourth-order valence-corrected chi connectivity index (χ4v) is 3.89. The predicted octanol–water partition coefficient (Wildman–Crippen LogP) is 8.34. The average Bonchev–Trinajstić information content (AvgIpc) is 3.36. The van der Waals surface area contributed by atoms with Gasteiger partial charge >= 0.3 is 0 Å². The van der Waals surface area contributed by atoms with E-state index in [0.29, 0.717) is 55.7 Å². The fraction of sp³-hybridized carbons (Fsp3) is 0.815. The summed E-state index contributed by atoms with van der Waals surface area (Å²) in [4.78, 5) is 43.0. The second-order valence-electron chi connectivity index (χ2n) is 17.1. The molecule has 416 valence electrons. The Morgan fingerprint density at radius 1 is 0.435 bits per heavy atom. The normalized spacial score (nSPS) is 12.7. The maximum Gasteiger partial charge on any atom is 0.159 e. The molecule has 0 spiro atoms. The lowest BCUT2D eigenvalue weighted by Crippen LogP contribution is -2.36. The topological polar surface area (TPSA) is 198 Å². The standard InChI is InChI=1S/C10H14N2O.C8H15NO2.C6H13NO2.6C5H13N/c1-7(13)8-4-9(11-2)6-10(5-8)12-3;1-6(10)4-8(9-3)5-7(2)11;1-5(8)6(7-2)4-9-3;6*1-4-5(2)6-3/h4-6,11-12H,1-3H3;8-9H,4-5H2,1-3H3;6-7H,4H2,1-3H3;6*5-6H,4H2,1-3H3. The third kappa shape index (κ3) is 71.8. The molecule has 0 aliphatic rings. The maximum absolute atomic E-state index is 11.1. The second-order valence-corrected chi connectivity index (χ2v) is 17.1. The lowest BCUT2D eigenvalue weighted by molar-refractivity contribution is -0.120. The van der Waals surface area contributed by atoms with Crippen LogP contribution in [-0.2, 0) is 19.1 Å². The molecular formula is C54H120N10O5. The summed E-state index contributed by atoms with van der Waals surface area (Å²) in [7, 11) is 20.6. The van der Waals surface area contributed by atoms with Crippen molar-refractivity contribution in [2.45, 2.75) is 210 Å². The molecule has 0 aromatic heterocycles. The molecular weight excluding hydrogens is 869 g/mol. The van der Waals surface area contributed by atoms with Crippen molar-refractivity contribution in [1.29, 1.82) is 0 Å². The number of benzene rings is 1. The number of likely N-dealkylation sites (N-methyl/N-ethyl adjacent to an activating group) is 1. The first-order valence-corrected chi connectivity index (χ1v) is 25.7. The smallest absolute Gasteiger partial charge is 0.159 e. The van der Waals surface area contributed by atoms with Crippen molar-refractivity contribution in [3.63, 3.8) is 0 Å². The Hall–Kier alpha value is -2.86. The van der Waals surface area contributed by atoms with Crippen LogP contribution in [0, 0.1) is 0 Å². The van der Waals surface area contributed by atoms with E-state index in [0.717, 1.165) is 16.9 Å². The molecule has 0 saturated heterocycles. The Labute approximate surface area is 428 Å². The number of carbonyl (C=O) groups excluding carboxylic acids is 4. The molecule has 1 rings (SSSR count). The Morgan fingerprint density at radius 3 is 0.797 bits per heavy atom. The van der Waals surface area contributed by atoms with Crippen molar-refractivity contribution in [2.24, 2.45) is 0 Å². The van der Waals surface area contributed by atoms with Crippen molar-refractivity contribution in [3.8, 4) is 0 Å². The van der Waals surface area contributed by atoms with E-state index in [-0.39, 0.29) is 35.2 Å². The zero-order valence-corrected chi connectivity index (χ0v) is 50.3. The highest BCUT2D eigenvalue weighted by molar-refractivity contribution is 5.96. The number of carbonyl (C=O) groups is 4. The number of hydrogen-bond acceptors (Lipinski definition) is 15. The van der Waals surface area contributed by atoms with Crippen molar-refractivity contribution in [1.82, 2.24) is 42.5 Å². The Morgan fingerprint density at radius 2 is 0.696 bits per heavy atom. The van der Waals surface area contributed by atoms with Crippen LogP contribution in [0.25, 0.3) is 0 Å². The van der Waals surface area contributed by atoms with Crippen LogP contribution in [0.15, 0.2) is 18.2 Å². The van der Waals surface area contributed by atoms with Crippen molar-refractivity contribution in [3.05, 3.63) is 23.8 Å². The van der Waals surface area contributed by atoms with Gasteiger partial charge in [-0.3, -0.25) is 19.2 Å². The van der Waals surface area contributed by atoms with Gasteiger partial charge in [-0.25, -0.2) is 0 Å². The second kappa shape index (κ2) is 63.2. The molecule has 7 atom stereocenters. The number of Topliss-reactive ketones (excluding diaryl/α,β-unsaturated/α-hetero) is 4. The molecule has 69 heavy (non-hydrogen) atoms. The van der Waals surface area contributed by atoms with Crippen molar-refractivity contribution >= 4 is 34.5 Å². The van der Waals surface area contributed by atoms with E-state index in [1.807, 2.05) is 74.6 Å². The van der Waals surface area contributed by atoms with Gasteiger partial charge in [0, 0.05) is 93.3 Å². The molecule has 0 fully saturated rings. The molecule has 1 aromatic rings. The lowest BCUT2D eigenvalue weighted by Gasteiger charge is -2.11. The van der Waals surface area contributed by atoms with Gasteiger partial charge in [0.1, 0.15) is 17.3 Å². The van der Waals surface area contributed by atoms with Crippen molar-refractivity contribution in [2.75, 3.05) is 94.8 Å². The summed E-state index contributed by atoms with van der Waals surface area (Å²) in [6.45, 7) is 32.6. The minimum Gasteiger partial charge on any atom is -0.388 e. The van der Waals surface area contributed by atoms with Gasteiger partial charge in [0.15, 0.2) is 5.78 Å². The largest absolute Gasteiger partial charge is 0.388 e. The van der Waals surface area contributed by atoms with E-state index in [1.165, 1.54) is 52.4 Å². The predicted molar refractivity (Wildman–Crippen MR) is 307 cm³/mol. The quantitative estimate of drug-likeness (QED) is 0.0444. The highest BCUT2D eigenvalue weighted by atomic mass is 16.5. The molecule has 0 heterocycles. The molecule has 0 bridgehead atoms. The van der Waals surface area contributed by atoms with E-state index in [4.69, 9.17) is 4.74 Å². The number of methoxy groups -OCH3 is 1. The van der Waals surface area contributed by atoms with E-state index in [1.54, 1.807) is 35.1 Å². The van der Waals surface area contributed by atoms with Crippen LogP contribution in [-0.4, -0.2) is 156 Å². The van der Waals surface area contributed by atoms with E-state index in [2.05, 4.69) is 136 Å². The van der Waals surface area contributed by atoms with Crippen LogP contribution in [0.5, 0.6) is 0 Å². The number of ether oxygens (including phenoxy) is 1. The fourth-order valence-electron chi connectivity index (χ4n) is 3.89. The Bertz CT molecular complexity index is 1100. The molecule has 1 aromatic carbocycles. The van der Waals surface area contributed by atoms with Gasteiger partial charge in [-0.1, -0.05) is 41.5 Å². The van der Waals surface area contributed by atoms with Gasteiger partial charge in [-0.05, 0) is 182 Å². The Balaban J connectivity index is -0.000000103. The van der Waals surface area contributed by atoms with Crippen LogP contribution in [0.3, 0.4) is 0 Å². The zero-order valence-electron chi connectivity index (χ0n) is 50.3. The minimum absolute atomic E-state index is 0.0185. The maximum atomic E-state index is 11.1. The van der Waals surface area contributed by atoms with Crippen LogP contribution in [0.4, 0.5) is 11.4 Å². The number of nitrogens with one attached hydrogen (secondary N) is 10. The van der Waals surface area contributed by atoms with Crippen LogP contribution in [0.2, 0.25) is 0 Å². The summed E-state index contributed by atoms with van der Waals surface area (Å²) in [5, 5.41) is 30.4. The number of hydrogen-bond donors (Lipinski definition) is 10. The van der Waals surface area contributed by atoms with Crippen LogP contribution < -0.4 is 53.2 Å². The summed E-state index contributed by atoms with van der Waals surface area (Å²) in [6.07, 6.45) is 8.19. The minimum atomic E-state index is -0.144. The Kier molecular flexibility index (Phi) is 76.0. The first-order valence-electron chi connectivity index (χ1n) is 25.7. The molecule has 0 aliphatic heterocycles. The first kappa shape index (κ1) is 83.0. The zero-order chi connectivity index (χ0) is 55.9. The van der Waals surface area contributed by atoms with Gasteiger partial charge < -0.3 is 57.9 Å². The molecule has 15 heteroatoms. The molecule has 0 aliphatic carbocycles. The first-order chi connectivity index (χ1) is 32.3. The molecule has 15 nitrogen and oxygen atoms in total. The number of rotatable bonds is 24. The van der Waals surface area contributed by atoms with Gasteiger partial charge in [0.05, 0.1) is 12.6 Å². The van der Waals surface area contributed by atoms with Crippen LogP contribution >= 0.6 is 0 Å². The highest BCUT2D eigenvalue weighted by Crippen LogP contribution is 2.18. The third-order valence-corrected chi connectivity index (χ3v) is 11.2. The molecule has 0 amide bonds. The summed E-state index contributed by atoms with van der Waals surface area (Å²) in [6, 6.07) is 9.61. The van der Waals surface area contributed by atoms with E-state index < -0.39 is 0 Å². The average molecular weight is 990 g/mol. The highest BCUT2D eigenvalue weighted by Gasteiger charge is 2.11. The monoisotopic (exact) mass is 989 g/mol. The molecule has 10 N–H and O–H groups in total. The summed E-state index contributed by atoms with van der Waals surface area (Å²) < 4.78 is 4.77. The number of anilines is 2. The molecule has 0 saturated carbocycles. The molecule has 7 unspecified atom stereocenters. The van der Waals surface area contributed by atoms with Crippen molar-refractivity contribution < 1.29 is 23.9 Å². The van der Waals surface area contributed by atoms with Crippen LogP contribution in [0.1, 0.15) is 173 Å². The lowest BCUT2D eigenvalue weighted by atomic mass is 10.1. The van der Waals surface area contributed by atoms with Gasteiger partial charge in [-0.2, -0.15) is 0 Å². The van der Waals surface area contributed by atoms with Gasteiger partial charge in [-0.15, -0.1) is 0 Å².